The average Bonchev–Trinajstić information content (AvgIpc) is 2.96. The van der Waals surface area contributed by atoms with Gasteiger partial charge in [-0.2, -0.15) is 0 Å². The van der Waals surface area contributed by atoms with Gasteiger partial charge in [0.05, 0.1) is 30.0 Å². The summed E-state index contributed by atoms with van der Waals surface area (Å²) >= 11 is 0. The zero-order chi connectivity index (χ0) is 22.1. The number of pyridine rings is 1. The number of aromatic nitrogens is 1. The zero-order valence-electron chi connectivity index (χ0n) is 18.6. The molecular weight excluding hydrogens is 402 g/mol. The third-order valence-electron chi connectivity index (χ3n) is 6.19. The van der Waals surface area contributed by atoms with Gasteiger partial charge in [-0.15, -0.1) is 0 Å². The Balaban J connectivity index is 1.52. The number of nitrogens with two attached hydrogens (primary N) is 1. The molecule has 0 atom stereocenters. The quantitative estimate of drug-likeness (QED) is 0.602. The van der Waals surface area contributed by atoms with E-state index in [1.807, 2.05) is 6.07 Å². The number of hydrogen-bond donors (Lipinski definition) is 2. The Morgan fingerprint density at radius 1 is 1.22 bits per heavy atom. The van der Waals surface area contributed by atoms with Gasteiger partial charge in [-0.05, 0) is 24.6 Å². The molecule has 2 aromatic carbocycles. The number of nitrogens with zero attached hydrogens (tertiary/aromatic N) is 3. The van der Waals surface area contributed by atoms with Crippen molar-refractivity contribution in [3.8, 4) is 0 Å². The van der Waals surface area contributed by atoms with Crippen molar-refractivity contribution in [3.05, 3.63) is 65.2 Å². The van der Waals surface area contributed by atoms with Gasteiger partial charge in [0.25, 0.3) is 0 Å². The van der Waals surface area contributed by atoms with Crippen LogP contribution in [-0.2, 0) is 16.1 Å². The lowest BCUT2D eigenvalue weighted by Gasteiger charge is -2.38. The highest BCUT2D eigenvalue weighted by Crippen LogP contribution is 2.31. The smallest absolute Gasteiger partial charge is 0.131 e. The Hall–Kier alpha value is -3.16. The van der Waals surface area contributed by atoms with Crippen molar-refractivity contribution < 1.29 is 9.57 Å². The number of rotatable bonds is 5. The van der Waals surface area contributed by atoms with Gasteiger partial charge in [0.15, 0.2) is 0 Å². The summed E-state index contributed by atoms with van der Waals surface area (Å²) in [6.07, 6.45) is 0.782. The molecule has 0 radical (unpaired) electrons. The lowest BCUT2D eigenvalue weighted by atomic mass is 9.99. The first-order valence-corrected chi connectivity index (χ1v) is 11.0. The summed E-state index contributed by atoms with van der Waals surface area (Å²) in [5.74, 6) is 0.938. The first kappa shape index (κ1) is 20.7. The van der Waals surface area contributed by atoms with E-state index < -0.39 is 0 Å². The van der Waals surface area contributed by atoms with Crippen LogP contribution in [0.5, 0.6) is 0 Å². The Morgan fingerprint density at radius 2 is 2.06 bits per heavy atom. The molecule has 7 heteroatoms. The van der Waals surface area contributed by atoms with Gasteiger partial charge in [0.2, 0.25) is 0 Å². The number of oxime groups is 1. The van der Waals surface area contributed by atoms with E-state index in [0.717, 1.165) is 53.2 Å². The molecule has 0 saturated carbocycles. The molecule has 0 amide bonds. The van der Waals surface area contributed by atoms with Crippen molar-refractivity contribution in [2.24, 2.45) is 10.9 Å². The van der Waals surface area contributed by atoms with E-state index in [2.05, 4.69) is 64.8 Å². The second-order valence-corrected chi connectivity index (χ2v) is 8.81. The summed E-state index contributed by atoms with van der Waals surface area (Å²) in [5, 5.41) is 8.99. The predicted molar refractivity (Wildman–Crippen MR) is 128 cm³/mol. The van der Waals surface area contributed by atoms with Gasteiger partial charge in [0, 0.05) is 48.8 Å². The standard InChI is InChI=1S/C25H29N5O2/c1-17-7-8-21-20(11-17)23(27-14-25(26)15-32-16-25)12-24(28-21)30-10-9-22(29-31-2)19-6-4-3-5-18(19)13-30/h3-8,11-12H,9-10,13-16,26H2,1-2H3,(H,27,28)/b29-22+. The Kier molecular flexibility index (Phi) is 5.45. The summed E-state index contributed by atoms with van der Waals surface area (Å²) < 4.78 is 5.32. The first-order chi connectivity index (χ1) is 15.5. The molecule has 1 aromatic heterocycles. The highest BCUT2D eigenvalue weighted by molar-refractivity contribution is 6.02. The SMILES string of the molecule is CO/N=C1\CCN(c2cc(NCC3(N)COC3)c3cc(C)ccc3n2)Cc2ccccc21. The Morgan fingerprint density at radius 3 is 2.84 bits per heavy atom. The molecule has 1 saturated heterocycles. The highest BCUT2D eigenvalue weighted by Gasteiger charge is 2.34. The first-order valence-electron chi connectivity index (χ1n) is 11.0. The van der Waals surface area contributed by atoms with Crippen molar-refractivity contribution in [1.82, 2.24) is 4.98 Å². The van der Waals surface area contributed by atoms with E-state index in [1.165, 1.54) is 11.1 Å². The minimum Gasteiger partial charge on any atom is -0.399 e. The fourth-order valence-corrected chi connectivity index (χ4v) is 4.37. The molecule has 0 aliphatic carbocycles. The molecule has 3 N–H and O–H groups in total. The van der Waals surface area contributed by atoms with E-state index in [9.17, 15) is 0 Å². The van der Waals surface area contributed by atoms with Crippen LogP contribution in [0, 0.1) is 6.92 Å². The number of hydrogen-bond acceptors (Lipinski definition) is 7. The van der Waals surface area contributed by atoms with E-state index >= 15 is 0 Å². The second kappa shape index (κ2) is 8.41. The van der Waals surface area contributed by atoms with Crippen LogP contribution in [0.1, 0.15) is 23.1 Å². The number of fused-ring (bicyclic) bond motifs is 2. The largest absolute Gasteiger partial charge is 0.399 e. The van der Waals surface area contributed by atoms with Crippen LogP contribution in [0.3, 0.4) is 0 Å². The van der Waals surface area contributed by atoms with Crippen LogP contribution in [-0.4, -0.2) is 49.6 Å². The molecule has 1 fully saturated rings. The van der Waals surface area contributed by atoms with Crippen molar-refractivity contribution in [2.75, 3.05) is 43.6 Å². The molecule has 0 spiro atoms. The maximum Gasteiger partial charge on any atom is 0.131 e. The molecule has 0 bridgehead atoms. The summed E-state index contributed by atoms with van der Waals surface area (Å²) in [7, 11) is 1.60. The molecule has 2 aliphatic rings. The Labute approximate surface area is 188 Å². The molecule has 5 rings (SSSR count). The normalized spacial score (nSPS) is 18.7. The van der Waals surface area contributed by atoms with E-state index in [1.54, 1.807) is 7.11 Å². The molecule has 0 unspecified atom stereocenters. The van der Waals surface area contributed by atoms with Crippen LogP contribution < -0.4 is 16.0 Å². The second-order valence-electron chi connectivity index (χ2n) is 8.81. The van der Waals surface area contributed by atoms with Gasteiger partial charge in [-0.1, -0.05) is 41.1 Å². The summed E-state index contributed by atoms with van der Waals surface area (Å²) in [6.45, 7) is 5.49. The van der Waals surface area contributed by atoms with Gasteiger partial charge >= 0.3 is 0 Å². The Bertz CT molecular complexity index is 1170. The minimum atomic E-state index is -0.313. The highest BCUT2D eigenvalue weighted by atomic mass is 16.6. The predicted octanol–water partition coefficient (Wildman–Crippen LogP) is 3.44. The number of ether oxygens (including phenoxy) is 1. The van der Waals surface area contributed by atoms with Crippen molar-refractivity contribution in [3.63, 3.8) is 0 Å². The molecule has 3 aromatic rings. The molecule has 3 heterocycles. The maximum absolute atomic E-state index is 6.38. The summed E-state index contributed by atoms with van der Waals surface area (Å²) in [4.78, 5) is 12.5. The average molecular weight is 432 g/mol. The van der Waals surface area contributed by atoms with Gasteiger partial charge in [0.1, 0.15) is 12.9 Å². The van der Waals surface area contributed by atoms with Crippen LogP contribution in [0.2, 0.25) is 0 Å². The summed E-state index contributed by atoms with van der Waals surface area (Å²) in [5.41, 5.74) is 12.6. The van der Waals surface area contributed by atoms with Gasteiger partial charge < -0.3 is 25.5 Å². The van der Waals surface area contributed by atoms with Crippen molar-refractivity contribution >= 4 is 28.1 Å². The fourth-order valence-electron chi connectivity index (χ4n) is 4.37. The zero-order valence-corrected chi connectivity index (χ0v) is 18.6. The van der Waals surface area contributed by atoms with Crippen molar-refractivity contribution in [2.45, 2.75) is 25.4 Å². The van der Waals surface area contributed by atoms with Crippen molar-refractivity contribution in [1.29, 1.82) is 0 Å². The molecular formula is C25H29N5O2. The molecule has 32 heavy (non-hydrogen) atoms. The molecule has 166 valence electrons. The van der Waals surface area contributed by atoms with Gasteiger partial charge in [-0.25, -0.2) is 4.98 Å². The van der Waals surface area contributed by atoms with Crippen LogP contribution in [0.4, 0.5) is 11.5 Å². The van der Waals surface area contributed by atoms with E-state index in [0.29, 0.717) is 19.8 Å². The van der Waals surface area contributed by atoms with Crippen LogP contribution in [0.15, 0.2) is 53.7 Å². The van der Waals surface area contributed by atoms with Gasteiger partial charge in [-0.3, -0.25) is 0 Å². The fraction of sp³-hybridized carbons (Fsp3) is 0.360. The third kappa shape index (κ3) is 4.01. The minimum absolute atomic E-state index is 0.313. The van der Waals surface area contributed by atoms with Crippen LogP contribution in [0.25, 0.3) is 10.9 Å². The van der Waals surface area contributed by atoms with E-state index in [-0.39, 0.29) is 5.54 Å². The monoisotopic (exact) mass is 431 g/mol. The number of aryl methyl sites for hydroxylation is 1. The molecule has 2 aliphatic heterocycles. The number of anilines is 2. The lowest BCUT2D eigenvalue weighted by molar-refractivity contribution is -0.0461. The summed E-state index contributed by atoms with van der Waals surface area (Å²) in [6, 6.07) is 16.9. The van der Waals surface area contributed by atoms with E-state index in [4.69, 9.17) is 20.3 Å². The lowest BCUT2D eigenvalue weighted by Crippen LogP contribution is -2.61. The number of benzene rings is 2. The number of nitrogens with one attached hydrogen (secondary N) is 1. The van der Waals surface area contributed by atoms with Crippen LogP contribution >= 0.6 is 0 Å². The molecule has 7 nitrogen and oxygen atoms in total. The third-order valence-corrected chi connectivity index (χ3v) is 6.19. The topological polar surface area (TPSA) is 85.0 Å². The maximum atomic E-state index is 6.38.